The van der Waals surface area contributed by atoms with Gasteiger partial charge in [-0.15, -0.1) is 0 Å². The maximum absolute atomic E-state index is 11.3. The van der Waals surface area contributed by atoms with Gasteiger partial charge in [-0.05, 0) is 42.1 Å². The Labute approximate surface area is 131 Å². The van der Waals surface area contributed by atoms with Gasteiger partial charge in [0.05, 0.1) is 11.2 Å². The van der Waals surface area contributed by atoms with Crippen LogP contribution in [0.4, 0.5) is 5.69 Å². The number of phenols is 1. The highest BCUT2D eigenvalue weighted by atomic mass is 32.2. The van der Waals surface area contributed by atoms with Crippen molar-refractivity contribution in [3.63, 3.8) is 0 Å². The fourth-order valence-corrected chi connectivity index (χ4v) is 3.24. The molecule has 0 aliphatic carbocycles. The van der Waals surface area contributed by atoms with Gasteiger partial charge in [-0.1, -0.05) is 12.1 Å². The van der Waals surface area contributed by atoms with E-state index in [1.807, 2.05) is 18.2 Å². The second-order valence-electron chi connectivity index (χ2n) is 4.61. The summed E-state index contributed by atoms with van der Waals surface area (Å²) in [5.74, 6) is 0.0197. The maximum atomic E-state index is 11.3. The van der Waals surface area contributed by atoms with Crippen LogP contribution in [0.5, 0.6) is 5.75 Å². The van der Waals surface area contributed by atoms with E-state index in [9.17, 15) is 13.5 Å². The zero-order chi connectivity index (χ0) is 15.7. The Morgan fingerprint density at radius 1 is 1.23 bits per heavy atom. The molecular formula is C14H12N2O4S2. The Hall–Kier alpha value is -2.19. The number of aromatic hydroxyl groups is 1. The third-order valence-electron chi connectivity index (χ3n) is 2.73. The molecule has 114 valence electrons. The van der Waals surface area contributed by atoms with Crippen LogP contribution in [0.15, 0.2) is 57.0 Å². The topological polar surface area (TPSA) is 92.4 Å². The number of rotatable bonds is 4. The molecule has 0 unspecified atom stereocenters. The molecule has 1 heterocycles. The number of oxazole rings is 1. The summed E-state index contributed by atoms with van der Waals surface area (Å²) in [5.41, 5.74) is 1.73. The van der Waals surface area contributed by atoms with E-state index in [1.165, 1.54) is 18.2 Å². The lowest BCUT2D eigenvalue weighted by Crippen LogP contribution is -2.09. The fourth-order valence-electron chi connectivity index (χ4n) is 1.86. The van der Waals surface area contributed by atoms with Gasteiger partial charge < -0.3 is 9.52 Å². The first-order valence-corrected chi connectivity index (χ1v) is 8.96. The van der Waals surface area contributed by atoms with E-state index < -0.39 is 10.0 Å². The number of phenolic OH excluding ortho intramolecular Hbond substituents is 1. The minimum absolute atomic E-state index is 0.0197. The number of aromatic nitrogens is 1. The van der Waals surface area contributed by atoms with Crippen molar-refractivity contribution < 1.29 is 17.9 Å². The van der Waals surface area contributed by atoms with Crippen LogP contribution >= 0.6 is 11.8 Å². The van der Waals surface area contributed by atoms with E-state index in [1.54, 1.807) is 6.07 Å². The molecule has 2 N–H and O–H groups in total. The first-order valence-electron chi connectivity index (χ1n) is 6.25. The molecule has 3 rings (SSSR count). The largest absolute Gasteiger partial charge is 0.507 e. The van der Waals surface area contributed by atoms with E-state index in [-0.39, 0.29) is 5.75 Å². The van der Waals surface area contributed by atoms with Crippen LogP contribution in [0, 0.1) is 0 Å². The zero-order valence-electron chi connectivity index (χ0n) is 11.5. The van der Waals surface area contributed by atoms with Crippen LogP contribution < -0.4 is 4.72 Å². The molecule has 8 heteroatoms. The van der Waals surface area contributed by atoms with Gasteiger partial charge in [-0.2, -0.15) is 0 Å². The van der Waals surface area contributed by atoms with Crippen molar-refractivity contribution in [3.05, 3.63) is 42.5 Å². The number of fused-ring (bicyclic) bond motifs is 1. The molecule has 0 radical (unpaired) electrons. The van der Waals surface area contributed by atoms with Crippen LogP contribution in [0.25, 0.3) is 11.1 Å². The maximum Gasteiger partial charge on any atom is 0.261 e. The smallest absolute Gasteiger partial charge is 0.261 e. The lowest BCUT2D eigenvalue weighted by atomic mass is 10.3. The fraction of sp³-hybridized carbons (Fsp3) is 0.0714. The van der Waals surface area contributed by atoms with Gasteiger partial charge in [-0.3, -0.25) is 4.72 Å². The van der Waals surface area contributed by atoms with Crippen molar-refractivity contribution >= 4 is 38.6 Å². The molecule has 0 amide bonds. The van der Waals surface area contributed by atoms with Crippen molar-refractivity contribution in [2.45, 2.75) is 10.1 Å². The molecular weight excluding hydrogens is 324 g/mol. The van der Waals surface area contributed by atoms with Crippen molar-refractivity contribution in [1.82, 2.24) is 4.98 Å². The monoisotopic (exact) mass is 336 g/mol. The van der Waals surface area contributed by atoms with Crippen LogP contribution in [-0.2, 0) is 10.0 Å². The van der Waals surface area contributed by atoms with Crippen LogP contribution in [0.1, 0.15) is 0 Å². The first-order chi connectivity index (χ1) is 10.4. The molecule has 22 heavy (non-hydrogen) atoms. The highest BCUT2D eigenvalue weighted by Crippen LogP contribution is 2.37. The number of hydrogen-bond donors (Lipinski definition) is 2. The number of anilines is 1. The molecule has 0 spiro atoms. The third kappa shape index (κ3) is 3.34. The van der Waals surface area contributed by atoms with Crippen molar-refractivity contribution in [1.29, 1.82) is 0 Å². The summed E-state index contributed by atoms with van der Waals surface area (Å²) in [6, 6.07) is 11.7. The van der Waals surface area contributed by atoms with E-state index in [4.69, 9.17) is 4.42 Å². The normalized spacial score (nSPS) is 11.7. The molecule has 6 nitrogen and oxygen atoms in total. The summed E-state index contributed by atoms with van der Waals surface area (Å²) in [4.78, 5) is 4.74. The number of nitrogens with one attached hydrogen (secondary N) is 1. The standard InChI is InChI=1S/C14H12N2O4S2/c1-22(18,19)16-9-6-7-11(17)13(8-9)21-14-15-10-4-2-3-5-12(10)20-14/h2-8,16-17H,1H3. The van der Waals surface area contributed by atoms with E-state index in [2.05, 4.69) is 9.71 Å². The summed E-state index contributed by atoms with van der Waals surface area (Å²) in [7, 11) is -3.38. The van der Waals surface area contributed by atoms with Crippen molar-refractivity contribution in [2.75, 3.05) is 11.0 Å². The van der Waals surface area contributed by atoms with Gasteiger partial charge in [-0.25, -0.2) is 13.4 Å². The van der Waals surface area contributed by atoms with Crippen molar-refractivity contribution in [3.8, 4) is 5.75 Å². The van der Waals surface area contributed by atoms with Crippen LogP contribution in [0.2, 0.25) is 0 Å². The quantitative estimate of drug-likeness (QED) is 0.711. The summed E-state index contributed by atoms with van der Waals surface area (Å²) in [6.07, 6.45) is 1.06. The molecule has 0 aliphatic rings. The van der Waals surface area contributed by atoms with Gasteiger partial charge in [0.25, 0.3) is 5.22 Å². The molecule has 0 fully saturated rings. The predicted octanol–water partition coefficient (Wildman–Crippen LogP) is 3.06. The summed E-state index contributed by atoms with van der Waals surface area (Å²) in [5, 5.41) is 10.3. The molecule has 0 saturated carbocycles. The van der Waals surface area contributed by atoms with Crippen LogP contribution in [-0.4, -0.2) is 24.8 Å². The number of sulfonamides is 1. The lowest BCUT2D eigenvalue weighted by Gasteiger charge is -2.07. The van der Waals surface area contributed by atoms with E-state index in [0.29, 0.717) is 21.4 Å². The molecule has 3 aromatic rings. The average molecular weight is 336 g/mol. The highest BCUT2D eigenvalue weighted by molar-refractivity contribution is 7.99. The second-order valence-corrected chi connectivity index (χ2v) is 7.35. The molecule has 1 aromatic heterocycles. The Kier molecular flexibility index (Phi) is 3.71. The third-order valence-corrected chi connectivity index (χ3v) is 4.24. The molecule has 0 saturated heterocycles. The van der Waals surface area contributed by atoms with Crippen molar-refractivity contribution in [2.24, 2.45) is 0 Å². The SMILES string of the molecule is CS(=O)(=O)Nc1ccc(O)c(Sc2nc3ccccc3o2)c1. The second kappa shape index (κ2) is 5.54. The number of benzene rings is 2. The molecule has 0 bridgehead atoms. The van der Waals surface area contributed by atoms with Gasteiger partial charge in [0.15, 0.2) is 5.58 Å². The number of hydrogen-bond acceptors (Lipinski definition) is 6. The zero-order valence-corrected chi connectivity index (χ0v) is 13.1. The number of nitrogens with zero attached hydrogens (tertiary/aromatic N) is 1. The average Bonchev–Trinajstić information content (AvgIpc) is 2.83. The minimum Gasteiger partial charge on any atom is -0.507 e. The molecule has 0 atom stereocenters. The lowest BCUT2D eigenvalue weighted by molar-refractivity contribution is 0.460. The summed E-state index contributed by atoms with van der Waals surface area (Å²) in [6.45, 7) is 0. The van der Waals surface area contributed by atoms with Gasteiger partial charge in [0.1, 0.15) is 11.3 Å². The minimum atomic E-state index is -3.38. The van der Waals surface area contributed by atoms with Crippen LogP contribution in [0.3, 0.4) is 0 Å². The Bertz CT molecular complexity index is 902. The van der Waals surface area contributed by atoms with Gasteiger partial charge in [0.2, 0.25) is 10.0 Å². The number of para-hydroxylation sites is 2. The van der Waals surface area contributed by atoms with Gasteiger partial charge >= 0.3 is 0 Å². The molecule has 2 aromatic carbocycles. The molecule has 0 aliphatic heterocycles. The summed E-state index contributed by atoms with van der Waals surface area (Å²) >= 11 is 1.12. The summed E-state index contributed by atoms with van der Waals surface area (Å²) < 4.78 is 30.5. The van der Waals surface area contributed by atoms with E-state index in [0.717, 1.165) is 23.5 Å². The van der Waals surface area contributed by atoms with Gasteiger partial charge in [0, 0.05) is 5.69 Å². The predicted molar refractivity (Wildman–Crippen MR) is 84.7 cm³/mol. The highest BCUT2D eigenvalue weighted by Gasteiger charge is 2.12. The Morgan fingerprint density at radius 3 is 2.73 bits per heavy atom. The first kappa shape index (κ1) is 14.7. The Morgan fingerprint density at radius 2 is 2.00 bits per heavy atom. The van der Waals surface area contributed by atoms with E-state index >= 15 is 0 Å². The Balaban J connectivity index is 1.92.